The Bertz CT molecular complexity index is 1200. The highest BCUT2D eigenvalue weighted by molar-refractivity contribution is 5.97. The van der Waals surface area contributed by atoms with E-state index in [-0.39, 0.29) is 28.7 Å². The molecule has 1 aromatic heterocycles. The lowest BCUT2D eigenvalue weighted by molar-refractivity contribution is -0.00415. The maximum Gasteiger partial charge on any atom is 0.329 e. The number of nitrogen functional groups attached to an aromatic ring is 1. The molecule has 0 amide bonds. The van der Waals surface area contributed by atoms with Gasteiger partial charge in [0.2, 0.25) is 0 Å². The van der Waals surface area contributed by atoms with Crippen LogP contribution in [0, 0.1) is 18.7 Å². The summed E-state index contributed by atoms with van der Waals surface area (Å²) in [5.74, 6) is -0.999. The number of nitrogens with two attached hydrogens (primary N) is 1. The number of aromatic nitrogens is 2. The minimum atomic E-state index is -0.919. The molecular weight excluding hydrogens is 391 g/mol. The molecule has 5 rings (SSSR count). The molecule has 2 aliphatic carbocycles. The Hall–Kier alpha value is -2.65. The van der Waals surface area contributed by atoms with Crippen LogP contribution in [0.1, 0.15) is 37.3 Å². The van der Waals surface area contributed by atoms with Crippen molar-refractivity contribution >= 4 is 22.3 Å². The summed E-state index contributed by atoms with van der Waals surface area (Å²) >= 11 is 0. The quantitative estimate of drug-likeness (QED) is 0.427. The largest absolute Gasteiger partial charge is 0.396 e. The molecule has 0 radical (unpaired) electrons. The van der Waals surface area contributed by atoms with Crippen LogP contribution in [0.2, 0.25) is 0 Å². The van der Waals surface area contributed by atoms with Crippen LogP contribution < -0.4 is 21.9 Å². The van der Waals surface area contributed by atoms with E-state index in [0.717, 1.165) is 18.4 Å². The van der Waals surface area contributed by atoms with Gasteiger partial charge >= 0.3 is 5.69 Å². The highest BCUT2D eigenvalue weighted by atomic mass is 19.1. The molecule has 5 N–H and O–H groups in total. The zero-order valence-corrected chi connectivity index (χ0v) is 16.7. The Morgan fingerprint density at radius 1 is 1.23 bits per heavy atom. The predicted octanol–water partition coefficient (Wildman–Crippen LogP) is 0.933. The van der Waals surface area contributed by atoms with Crippen LogP contribution in [0.3, 0.4) is 0 Å². The highest BCUT2D eigenvalue weighted by Gasteiger charge is 2.39. The first-order valence-electron chi connectivity index (χ1n) is 10.4. The Kier molecular flexibility index (Phi) is 4.30. The first-order valence-corrected chi connectivity index (χ1v) is 10.4. The summed E-state index contributed by atoms with van der Waals surface area (Å²) in [4.78, 5) is 29.1. The number of aromatic amines is 1. The lowest BCUT2D eigenvalue weighted by atomic mass is 9.94. The average molecular weight is 416 g/mol. The van der Waals surface area contributed by atoms with E-state index in [1.54, 1.807) is 11.8 Å². The van der Waals surface area contributed by atoms with Crippen LogP contribution in [-0.4, -0.2) is 45.1 Å². The summed E-state index contributed by atoms with van der Waals surface area (Å²) < 4.78 is 17.0. The van der Waals surface area contributed by atoms with E-state index in [2.05, 4.69) is 4.98 Å². The number of aliphatic hydroxyl groups is 2. The van der Waals surface area contributed by atoms with Crippen molar-refractivity contribution in [1.29, 1.82) is 0 Å². The molecule has 3 unspecified atom stereocenters. The Balaban J connectivity index is 1.71. The first-order chi connectivity index (χ1) is 14.3. The van der Waals surface area contributed by atoms with Gasteiger partial charge in [-0.1, -0.05) is 6.08 Å². The number of fused-ring (bicyclic) bond motifs is 2. The summed E-state index contributed by atoms with van der Waals surface area (Å²) in [5.41, 5.74) is 6.67. The number of nitrogens with one attached hydrogen (secondary N) is 1. The Morgan fingerprint density at radius 2 is 1.97 bits per heavy atom. The lowest BCUT2D eigenvalue weighted by Gasteiger charge is -2.26. The normalized spacial score (nSPS) is 26.6. The third kappa shape index (κ3) is 2.72. The second kappa shape index (κ2) is 6.68. The molecule has 3 aliphatic rings. The van der Waals surface area contributed by atoms with Gasteiger partial charge in [-0.3, -0.25) is 14.3 Å². The fourth-order valence-electron chi connectivity index (χ4n) is 5.09. The second-order valence-corrected chi connectivity index (χ2v) is 8.69. The summed E-state index contributed by atoms with van der Waals surface area (Å²) in [5, 5.41) is 20.7. The molecule has 8 nitrogen and oxygen atoms in total. The van der Waals surface area contributed by atoms with Gasteiger partial charge in [-0.15, -0.1) is 0 Å². The highest BCUT2D eigenvalue weighted by Crippen LogP contribution is 2.43. The van der Waals surface area contributed by atoms with Crippen molar-refractivity contribution in [3.05, 3.63) is 43.9 Å². The van der Waals surface area contributed by atoms with Crippen LogP contribution in [0.5, 0.6) is 0 Å². The third-order valence-electron chi connectivity index (χ3n) is 6.74. The third-order valence-corrected chi connectivity index (χ3v) is 6.74. The molecular formula is C21H25FN4O4. The fourth-order valence-corrected chi connectivity index (χ4v) is 5.09. The molecule has 1 saturated carbocycles. The molecule has 3 atom stereocenters. The van der Waals surface area contributed by atoms with Crippen LogP contribution in [0.15, 0.2) is 21.2 Å². The van der Waals surface area contributed by atoms with E-state index in [4.69, 9.17) is 5.73 Å². The predicted molar refractivity (Wildman–Crippen MR) is 111 cm³/mol. The van der Waals surface area contributed by atoms with Gasteiger partial charge in [0.15, 0.2) is 5.82 Å². The van der Waals surface area contributed by atoms with Crippen molar-refractivity contribution in [2.45, 2.75) is 50.9 Å². The smallest absolute Gasteiger partial charge is 0.329 e. The minimum Gasteiger partial charge on any atom is -0.396 e. The van der Waals surface area contributed by atoms with E-state index in [1.165, 1.54) is 4.57 Å². The number of rotatable bonds is 2. The monoisotopic (exact) mass is 416 g/mol. The van der Waals surface area contributed by atoms with Gasteiger partial charge in [0.1, 0.15) is 0 Å². The van der Waals surface area contributed by atoms with Gasteiger partial charge in [0.25, 0.3) is 5.56 Å². The van der Waals surface area contributed by atoms with Gasteiger partial charge < -0.3 is 20.8 Å². The lowest BCUT2D eigenvalue weighted by Crippen LogP contribution is -2.35. The number of H-pyrrole nitrogens is 1. The summed E-state index contributed by atoms with van der Waals surface area (Å²) in [7, 11) is 0. The molecule has 2 fully saturated rings. The zero-order chi connectivity index (χ0) is 21.3. The van der Waals surface area contributed by atoms with Crippen LogP contribution in [0.4, 0.5) is 15.8 Å². The number of anilines is 2. The molecule has 160 valence electrons. The van der Waals surface area contributed by atoms with Gasteiger partial charge in [-0.2, -0.15) is 0 Å². The zero-order valence-electron chi connectivity index (χ0n) is 16.7. The number of aryl methyl sites for hydroxylation is 1. The van der Waals surface area contributed by atoms with Gasteiger partial charge in [-0.25, -0.2) is 9.18 Å². The molecule has 2 heterocycles. The first kappa shape index (κ1) is 19.3. The molecule has 30 heavy (non-hydrogen) atoms. The van der Waals surface area contributed by atoms with E-state index < -0.39 is 29.3 Å². The Labute approximate surface area is 171 Å². The molecule has 1 aromatic carbocycles. The van der Waals surface area contributed by atoms with Gasteiger partial charge in [0, 0.05) is 30.6 Å². The molecule has 0 spiro atoms. The number of nitrogens with zero attached hydrogens (tertiary/aromatic N) is 2. The van der Waals surface area contributed by atoms with E-state index in [0.29, 0.717) is 37.0 Å². The van der Waals surface area contributed by atoms with E-state index in [9.17, 15) is 19.8 Å². The molecule has 1 saturated heterocycles. The number of benzene rings is 1. The summed E-state index contributed by atoms with van der Waals surface area (Å²) in [6, 6.07) is -0.0300. The van der Waals surface area contributed by atoms with Crippen molar-refractivity contribution in [3.8, 4) is 0 Å². The van der Waals surface area contributed by atoms with Crippen molar-refractivity contribution in [1.82, 2.24) is 9.55 Å². The van der Waals surface area contributed by atoms with Crippen LogP contribution in [0.25, 0.3) is 10.9 Å². The molecule has 1 aliphatic heterocycles. The van der Waals surface area contributed by atoms with Crippen molar-refractivity contribution < 1.29 is 14.6 Å². The van der Waals surface area contributed by atoms with E-state index in [1.807, 2.05) is 6.08 Å². The number of allylic oxidation sites excluding steroid dienone is 1. The minimum absolute atomic E-state index is 0.00309. The average Bonchev–Trinajstić information content (AvgIpc) is 3.46. The summed E-state index contributed by atoms with van der Waals surface area (Å²) in [6.45, 7) is 2.42. The maximum absolute atomic E-state index is 15.5. The standard InChI is InChI=1S/C21H25FN4O4/c1-9-17-14(20(29)24-21(30)26(17)11-5-6-11)16(23)15(22)18(9)25-7-10-3-2-4-13(27)19(28)12(10)8-25/h3,11-13,19,27-28H,2,4-8,23H2,1H3,(H,24,29,30). The topological polar surface area (TPSA) is 125 Å². The molecule has 2 aromatic rings. The number of hydrogen-bond donors (Lipinski definition) is 4. The van der Waals surface area contributed by atoms with Crippen molar-refractivity contribution in [2.75, 3.05) is 23.7 Å². The van der Waals surface area contributed by atoms with Crippen LogP contribution in [-0.2, 0) is 0 Å². The van der Waals surface area contributed by atoms with E-state index >= 15 is 4.39 Å². The number of halogens is 1. The SMILES string of the molecule is Cc1c(N2CC3=CCCC(O)C(O)C3C2)c(F)c(N)c2c(=O)[nH]c(=O)n(C3CC3)c12. The molecule has 0 bridgehead atoms. The number of hydrogen-bond acceptors (Lipinski definition) is 6. The van der Waals surface area contributed by atoms with Crippen LogP contribution >= 0.6 is 0 Å². The Morgan fingerprint density at radius 3 is 2.67 bits per heavy atom. The maximum atomic E-state index is 15.5. The van der Waals surface area contributed by atoms with Gasteiger partial charge in [-0.05, 0) is 38.2 Å². The van der Waals surface area contributed by atoms with Gasteiger partial charge in [0.05, 0.1) is 34.5 Å². The second-order valence-electron chi connectivity index (χ2n) is 8.69. The fraction of sp³-hybridized carbons (Fsp3) is 0.524. The molecule has 9 heteroatoms. The van der Waals surface area contributed by atoms with Crippen molar-refractivity contribution in [3.63, 3.8) is 0 Å². The summed E-state index contributed by atoms with van der Waals surface area (Å²) in [6.07, 6.45) is 3.04. The number of aliphatic hydroxyl groups excluding tert-OH is 2. The van der Waals surface area contributed by atoms with Crippen molar-refractivity contribution in [2.24, 2.45) is 5.92 Å².